The Balaban J connectivity index is 1.62. The Morgan fingerprint density at radius 2 is 2.00 bits per heavy atom. The summed E-state index contributed by atoms with van der Waals surface area (Å²) in [5.74, 6) is 0.471. The molecule has 1 aliphatic heterocycles. The van der Waals surface area contributed by atoms with Crippen molar-refractivity contribution >= 4 is 33.2 Å². The predicted octanol–water partition coefficient (Wildman–Crippen LogP) is 3.92. The number of rotatable bonds is 3. The third kappa shape index (κ3) is 4.43. The Kier molecular flexibility index (Phi) is 5.67. The fourth-order valence-electron chi connectivity index (χ4n) is 3.12. The zero-order chi connectivity index (χ0) is 18.9. The Labute approximate surface area is 166 Å². The summed E-state index contributed by atoms with van der Waals surface area (Å²) in [6.07, 6.45) is 1.79. The predicted molar refractivity (Wildman–Crippen MR) is 108 cm³/mol. The van der Waals surface area contributed by atoms with Crippen LogP contribution >= 0.6 is 27.3 Å². The van der Waals surface area contributed by atoms with Gasteiger partial charge in [0.1, 0.15) is 0 Å². The lowest BCUT2D eigenvalue weighted by Crippen LogP contribution is -2.40. The van der Waals surface area contributed by atoms with Crippen LogP contribution in [0.15, 0.2) is 32.8 Å². The molecule has 1 fully saturated rings. The second-order valence-electron chi connectivity index (χ2n) is 7.85. The first kappa shape index (κ1) is 19.3. The van der Waals surface area contributed by atoms with E-state index in [1.807, 2.05) is 22.4 Å². The minimum atomic E-state index is -0.0831. The second-order valence-corrected chi connectivity index (χ2v) is 9.68. The molecule has 0 aliphatic carbocycles. The second kappa shape index (κ2) is 7.64. The lowest BCUT2D eigenvalue weighted by Gasteiger charge is -2.32. The van der Waals surface area contributed by atoms with Crippen molar-refractivity contribution < 1.29 is 4.79 Å². The van der Waals surface area contributed by atoms with Crippen molar-refractivity contribution in [1.82, 2.24) is 14.7 Å². The average Bonchev–Trinajstić information content (AvgIpc) is 3.02. The van der Waals surface area contributed by atoms with E-state index >= 15 is 0 Å². The van der Waals surface area contributed by atoms with E-state index in [2.05, 4.69) is 41.8 Å². The van der Waals surface area contributed by atoms with Crippen LogP contribution in [0.25, 0.3) is 0 Å². The van der Waals surface area contributed by atoms with Gasteiger partial charge >= 0.3 is 0 Å². The molecule has 0 saturated carbocycles. The van der Waals surface area contributed by atoms with Gasteiger partial charge in [-0.3, -0.25) is 9.59 Å². The zero-order valence-corrected chi connectivity index (χ0v) is 17.8. The molecule has 140 valence electrons. The van der Waals surface area contributed by atoms with Crippen molar-refractivity contribution in [3.05, 3.63) is 49.0 Å². The number of carbonyl (C=O) groups excluding carboxylic acids is 1. The van der Waals surface area contributed by atoms with Crippen molar-refractivity contribution in [3.63, 3.8) is 0 Å². The fraction of sp³-hybridized carbons (Fsp3) is 0.526. The number of halogens is 1. The van der Waals surface area contributed by atoms with Gasteiger partial charge in [-0.1, -0.05) is 20.8 Å². The molecule has 1 amide bonds. The molecule has 7 heteroatoms. The highest BCUT2D eigenvalue weighted by molar-refractivity contribution is 9.10. The fourth-order valence-corrected chi connectivity index (χ4v) is 4.52. The van der Waals surface area contributed by atoms with E-state index in [0.29, 0.717) is 12.5 Å². The molecule has 5 nitrogen and oxygen atoms in total. The molecule has 1 saturated heterocycles. The molecule has 2 aromatic rings. The number of aromatic nitrogens is 2. The topological polar surface area (TPSA) is 55.2 Å². The van der Waals surface area contributed by atoms with E-state index in [0.717, 1.165) is 41.0 Å². The van der Waals surface area contributed by atoms with Crippen LogP contribution in [0.4, 0.5) is 0 Å². The number of amides is 1. The number of hydrogen-bond acceptors (Lipinski definition) is 4. The van der Waals surface area contributed by atoms with Crippen LogP contribution < -0.4 is 5.56 Å². The molecule has 0 spiro atoms. The molecule has 0 radical (unpaired) electrons. The van der Waals surface area contributed by atoms with E-state index in [1.54, 1.807) is 10.7 Å². The molecule has 0 N–H and O–H groups in total. The standard InChI is InChI=1S/C19H24BrN3O2S/c1-19(2,3)16-4-5-17(24)23(21-16)11-13-6-8-22(9-7-13)18(25)15-10-14(20)12-26-15/h4-5,10,12-13H,6-9,11H2,1-3H3. The van der Waals surface area contributed by atoms with Crippen LogP contribution in [0, 0.1) is 5.92 Å². The van der Waals surface area contributed by atoms with Crippen LogP contribution in [0.5, 0.6) is 0 Å². The molecule has 0 unspecified atom stereocenters. The van der Waals surface area contributed by atoms with Crippen LogP contribution in [0.1, 0.15) is 49.0 Å². The van der Waals surface area contributed by atoms with Crippen molar-refractivity contribution in [1.29, 1.82) is 0 Å². The first-order valence-electron chi connectivity index (χ1n) is 8.86. The number of nitrogens with zero attached hydrogens (tertiary/aromatic N) is 3. The largest absolute Gasteiger partial charge is 0.338 e. The lowest BCUT2D eigenvalue weighted by atomic mass is 9.92. The maximum Gasteiger partial charge on any atom is 0.266 e. The SMILES string of the molecule is CC(C)(C)c1ccc(=O)n(CC2CCN(C(=O)c3cc(Br)cs3)CC2)n1. The van der Waals surface area contributed by atoms with Gasteiger partial charge in [0.2, 0.25) is 0 Å². The highest BCUT2D eigenvalue weighted by Crippen LogP contribution is 2.25. The first-order valence-corrected chi connectivity index (χ1v) is 10.5. The molecular formula is C19H24BrN3O2S. The van der Waals surface area contributed by atoms with Gasteiger partial charge in [0.15, 0.2) is 0 Å². The maximum absolute atomic E-state index is 12.5. The first-order chi connectivity index (χ1) is 12.2. The van der Waals surface area contributed by atoms with Gasteiger partial charge < -0.3 is 4.90 Å². The molecule has 2 aromatic heterocycles. The molecule has 3 heterocycles. The van der Waals surface area contributed by atoms with Gasteiger partial charge in [-0.15, -0.1) is 11.3 Å². The summed E-state index contributed by atoms with van der Waals surface area (Å²) < 4.78 is 2.55. The monoisotopic (exact) mass is 437 g/mol. The van der Waals surface area contributed by atoms with Gasteiger partial charge in [0, 0.05) is 41.0 Å². The molecule has 3 rings (SSSR count). The van der Waals surface area contributed by atoms with Crippen molar-refractivity contribution in [2.45, 2.75) is 45.6 Å². The summed E-state index contributed by atoms with van der Waals surface area (Å²) in [6, 6.07) is 5.31. The molecule has 26 heavy (non-hydrogen) atoms. The summed E-state index contributed by atoms with van der Waals surface area (Å²) in [5.41, 5.74) is 0.785. The Bertz CT molecular complexity index is 845. The van der Waals surface area contributed by atoms with Crippen molar-refractivity contribution in [2.75, 3.05) is 13.1 Å². The number of piperidine rings is 1. The summed E-state index contributed by atoms with van der Waals surface area (Å²) in [4.78, 5) is 27.4. The highest BCUT2D eigenvalue weighted by Gasteiger charge is 2.25. The minimum Gasteiger partial charge on any atom is -0.338 e. The van der Waals surface area contributed by atoms with E-state index < -0.39 is 0 Å². The number of likely N-dealkylation sites (tertiary alicyclic amines) is 1. The minimum absolute atomic E-state index is 0.0556. The molecular weight excluding hydrogens is 414 g/mol. The van der Waals surface area contributed by atoms with E-state index in [9.17, 15) is 9.59 Å². The number of hydrogen-bond donors (Lipinski definition) is 0. The van der Waals surface area contributed by atoms with Crippen molar-refractivity contribution in [2.24, 2.45) is 5.92 Å². The third-order valence-corrected chi connectivity index (χ3v) is 6.43. The molecule has 0 bridgehead atoms. The third-order valence-electron chi connectivity index (χ3n) is 4.75. The van der Waals surface area contributed by atoms with Crippen LogP contribution in [0.3, 0.4) is 0 Å². The zero-order valence-electron chi connectivity index (χ0n) is 15.4. The van der Waals surface area contributed by atoms with E-state index in [-0.39, 0.29) is 16.9 Å². The van der Waals surface area contributed by atoms with Crippen molar-refractivity contribution in [3.8, 4) is 0 Å². The normalized spacial score (nSPS) is 16.1. The smallest absolute Gasteiger partial charge is 0.266 e. The maximum atomic E-state index is 12.5. The Morgan fingerprint density at radius 1 is 1.31 bits per heavy atom. The summed E-state index contributed by atoms with van der Waals surface area (Å²) in [6.45, 7) is 8.36. The van der Waals surface area contributed by atoms with Gasteiger partial charge in [0.05, 0.1) is 10.6 Å². The van der Waals surface area contributed by atoms with Crippen LogP contribution in [0.2, 0.25) is 0 Å². The highest BCUT2D eigenvalue weighted by atomic mass is 79.9. The Hall–Kier alpha value is -1.47. The number of carbonyl (C=O) groups is 1. The number of thiophene rings is 1. The van der Waals surface area contributed by atoms with Gasteiger partial charge in [-0.05, 0) is 46.8 Å². The van der Waals surface area contributed by atoms with Crippen LogP contribution in [-0.4, -0.2) is 33.7 Å². The summed E-state index contributed by atoms with van der Waals surface area (Å²) >= 11 is 4.86. The average molecular weight is 438 g/mol. The van der Waals surface area contributed by atoms with E-state index in [4.69, 9.17) is 0 Å². The molecule has 0 aromatic carbocycles. The van der Waals surface area contributed by atoms with Gasteiger partial charge in [-0.25, -0.2) is 4.68 Å². The lowest BCUT2D eigenvalue weighted by molar-refractivity contribution is 0.0685. The van der Waals surface area contributed by atoms with E-state index in [1.165, 1.54) is 11.3 Å². The summed E-state index contributed by atoms with van der Waals surface area (Å²) in [7, 11) is 0. The van der Waals surface area contributed by atoms with Gasteiger partial charge in [0.25, 0.3) is 11.5 Å². The van der Waals surface area contributed by atoms with Gasteiger partial charge in [-0.2, -0.15) is 5.10 Å². The Morgan fingerprint density at radius 3 is 2.58 bits per heavy atom. The molecule has 0 atom stereocenters. The summed E-state index contributed by atoms with van der Waals surface area (Å²) in [5, 5.41) is 6.49. The van der Waals surface area contributed by atoms with Crippen LogP contribution in [-0.2, 0) is 12.0 Å². The quantitative estimate of drug-likeness (QED) is 0.730. The molecule has 1 aliphatic rings.